The SMILES string of the molecule is CCOC(=O)C(C(=O)OCC)c1ncc(NC(=O)c2cc(-c3ccn(C)n3)c(C(F)(F)F)cc2F)c(Cl)n1. The maximum absolute atomic E-state index is 14.7. The molecule has 0 saturated carbocycles. The number of rotatable bonds is 8. The third kappa shape index (κ3) is 6.25. The highest BCUT2D eigenvalue weighted by molar-refractivity contribution is 6.32. The number of amides is 1. The van der Waals surface area contributed by atoms with E-state index in [1.807, 2.05) is 0 Å². The van der Waals surface area contributed by atoms with Gasteiger partial charge in [-0.05, 0) is 32.0 Å². The summed E-state index contributed by atoms with van der Waals surface area (Å²) in [6, 6.07) is 2.19. The minimum Gasteiger partial charge on any atom is -0.465 e. The third-order valence-electron chi connectivity index (χ3n) is 4.96. The van der Waals surface area contributed by atoms with Crippen molar-refractivity contribution in [1.29, 1.82) is 0 Å². The Bertz CT molecular complexity index is 1360. The first-order valence-electron chi connectivity index (χ1n) is 10.9. The molecule has 0 spiro atoms. The van der Waals surface area contributed by atoms with E-state index < -0.39 is 57.6 Å². The summed E-state index contributed by atoms with van der Waals surface area (Å²) in [6.45, 7) is 2.95. The number of esters is 2. The van der Waals surface area contributed by atoms with Crippen LogP contribution in [-0.2, 0) is 32.3 Å². The number of aryl methyl sites for hydroxylation is 1. The number of alkyl halides is 3. The number of carbonyl (C=O) groups excluding carboxylic acids is 3. The lowest BCUT2D eigenvalue weighted by atomic mass is 9.99. The third-order valence-corrected chi connectivity index (χ3v) is 5.25. The summed E-state index contributed by atoms with van der Waals surface area (Å²) in [5, 5.41) is 5.67. The first kappa shape index (κ1) is 28.5. The summed E-state index contributed by atoms with van der Waals surface area (Å²) in [6.07, 6.45) is -2.60. The van der Waals surface area contributed by atoms with Gasteiger partial charge >= 0.3 is 18.1 Å². The van der Waals surface area contributed by atoms with Gasteiger partial charge in [-0.15, -0.1) is 0 Å². The number of nitrogens with zero attached hydrogens (tertiary/aromatic N) is 4. The van der Waals surface area contributed by atoms with E-state index in [1.165, 1.54) is 37.8 Å². The van der Waals surface area contributed by atoms with Gasteiger partial charge in [0, 0.05) is 18.8 Å². The number of nitrogens with one attached hydrogen (secondary N) is 1. The zero-order valence-electron chi connectivity index (χ0n) is 20.1. The van der Waals surface area contributed by atoms with Crippen LogP contribution in [0.4, 0.5) is 23.2 Å². The molecule has 0 bridgehead atoms. The van der Waals surface area contributed by atoms with Crippen molar-refractivity contribution >= 4 is 35.1 Å². The molecule has 1 amide bonds. The Kier molecular flexibility index (Phi) is 8.66. The molecule has 0 saturated heterocycles. The molecule has 0 aliphatic heterocycles. The molecule has 10 nitrogen and oxygen atoms in total. The number of benzene rings is 1. The van der Waals surface area contributed by atoms with Gasteiger partial charge in [0.15, 0.2) is 11.0 Å². The van der Waals surface area contributed by atoms with Crippen molar-refractivity contribution in [3.8, 4) is 11.3 Å². The summed E-state index contributed by atoms with van der Waals surface area (Å²) in [5.41, 5.74) is -2.99. The van der Waals surface area contributed by atoms with Crippen LogP contribution in [0.5, 0.6) is 0 Å². The first-order valence-corrected chi connectivity index (χ1v) is 11.3. The molecule has 2 aromatic heterocycles. The van der Waals surface area contributed by atoms with Gasteiger partial charge in [-0.1, -0.05) is 11.6 Å². The van der Waals surface area contributed by atoms with Crippen molar-refractivity contribution in [3.05, 3.63) is 58.5 Å². The Morgan fingerprint density at radius 2 is 1.76 bits per heavy atom. The predicted molar refractivity (Wildman–Crippen MR) is 125 cm³/mol. The minimum atomic E-state index is -4.93. The molecular weight excluding hydrogens is 538 g/mol. The highest BCUT2D eigenvalue weighted by Crippen LogP contribution is 2.38. The molecule has 1 N–H and O–H groups in total. The van der Waals surface area contributed by atoms with E-state index in [9.17, 15) is 31.9 Å². The fourth-order valence-electron chi connectivity index (χ4n) is 3.30. The summed E-state index contributed by atoms with van der Waals surface area (Å²) >= 11 is 6.10. The molecule has 3 rings (SSSR count). The lowest BCUT2D eigenvalue weighted by Gasteiger charge is -2.15. The van der Waals surface area contributed by atoms with Crippen LogP contribution < -0.4 is 5.32 Å². The van der Waals surface area contributed by atoms with Crippen LogP contribution in [0, 0.1) is 5.82 Å². The zero-order chi connectivity index (χ0) is 28.2. The second-order valence-electron chi connectivity index (χ2n) is 7.57. The molecule has 0 fully saturated rings. The first-order chi connectivity index (χ1) is 17.9. The average Bonchev–Trinajstić information content (AvgIpc) is 3.26. The van der Waals surface area contributed by atoms with Crippen molar-refractivity contribution in [1.82, 2.24) is 19.7 Å². The quantitative estimate of drug-likeness (QED) is 0.189. The van der Waals surface area contributed by atoms with Gasteiger partial charge in [0.05, 0.1) is 41.9 Å². The van der Waals surface area contributed by atoms with E-state index in [1.54, 1.807) is 0 Å². The smallest absolute Gasteiger partial charge is 0.417 e. The van der Waals surface area contributed by atoms with Gasteiger partial charge in [-0.3, -0.25) is 19.1 Å². The second kappa shape index (κ2) is 11.5. The highest BCUT2D eigenvalue weighted by atomic mass is 35.5. The molecule has 202 valence electrons. The molecule has 1 aromatic carbocycles. The number of carbonyl (C=O) groups is 3. The van der Waals surface area contributed by atoms with Gasteiger partial charge in [-0.2, -0.15) is 18.3 Å². The molecule has 0 radical (unpaired) electrons. The lowest BCUT2D eigenvalue weighted by Crippen LogP contribution is -2.28. The molecule has 3 aromatic rings. The lowest BCUT2D eigenvalue weighted by molar-refractivity contribution is -0.157. The topological polar surface area (TPSA) is 125 Å². The van der Waals surface area contributed by atoms with Crippen LogP contribution in [0.3, 0.4) is 0 Å². The maximum atomic E-state index is 14.7. The summed E-state index contributed by atoms with van der Waals surface area (Å²) in [4.78, 5) is 45.1. The van der Waals surface area contributed by atoms with E-state index in [-0.39, 0.29) is 36.5 Å². The number of aromatic nitrogens is 4. The number of anilines is 1. The van der Waals surface area contributed by atoms with Crippen molar-refractivity contribution in [3.63, 3.8) is 0 Å². The van der Waals surface area contributed by atoms with Crippen LogP contribution in [0.25, 0.3) is 11.3 Å². The minimum absolute atomic E-state index is 0.0458. The summed E-state index contributed by atoms with van der Waals surface area (Å²) in [7, 11) is 1.48. The van der Waals surface area contributed by atoms with Crippen molar-refractivity contribution in [2.24, 2.45) is 7.05 Å². The molecule has 15 heteroatoms. The van der Waals surface area contributed by atoms with E-state index in [0.29, 0.717) is 0 Å². The van der Waals surface area contributed by atoms with Crippen molar-refractivity contribution < 1.29 is 41.4 Å². The van der Waals surface area contributed by atoms with E-state index >= 15 is 0 Å². The fourth-order valence-corrected chi connectivity index (χ4v) is 3.48. The normalized spacial score (nSPS) is 11.4. The van der Waals surface area contributed by atoms with Gasteiger partial charge in [0.2, 0.25) is 5.92 Å². The predicted octanol–water partition coefficient (Wildman–Crippen LogP) is 4.15. The Labute approximate surface area is 217 Å². The zero-order valence-corrected chi connectivity index (χ0v) is 20.9. The van der Waals surface area contributed by atoms with Crippen molar-refractivity contribution in [2.75, 3.05) is 18.5 Å². The van der Waals surface area contributed by atoms with Crippen LogP contribution in [-0.4, -0.2) is 50.8 Å². The molecule has 0 atom stereocenters. The Morgan fingerprint density at radius 1 is 1.13 bits per heavy atom. The second-order valence-corrected chi connectivity index (χ2v) is 7.93. The number of ether oxygens (including phenoxy) is 2. The van der Waals surface area contributed by atoms with Crippen molar-refractivity contribution in [2.45, 2.75) is 25.9 Å². The molecule has 0 aliphatic rings. The molecule has 0 unspecified atom stereocenters. The maximum Gasteiger partial charge on any atom is 0.417 e. The fraction of sp³-hybridized carbons (Fsp3) is 0.304. The number of halogens is 5. The summed E-state index contributed by atoms with van der Waals surface area (Å²) < 4.78 is 66.3. The monoisotopic (exact) mass is 557 g/mol. The van der Waals surface area contributed by atoms with Crippen LogP contribution >= 0.6 is 11.6 Å². The van der Waals surface area contributed by atoms with Crippen LogP contribution in [0.2, 0.25) is 5.15 Å². The molecule has 0 aliphatic carbocycles. The van der Waals surface area contributed by atoms with E-state index in [4.69, 9.17) is 21.1 Å². The van der Waals surface area contributed by atoms with Gasteiger partial charge in [0.1, 0.15) is 5.82 Å². The van der Waals surface area contributed by atoms with Gasteiger partial charge in [-0.25, -0.2) is 14.4 Å². The molecule has 38 heavy (non-hydrogen) atoms. The summed E-state index contributed by atoms with van der Waals surface area (Å²) in [5.74, 6) is -6.65. The van der Waals surface area contributed by atoms with Crippen LogP contribution in [0.15, 0.2) is 30.6 Å². The Morgan fingerprint density at radius 3 is 2.26 bits per heavy atom. The molecular formula is C23H20ClF4N5O5. The Hall–Kier alpha value is -4.07. The molecule has 2 heterocycles. The average molecular weight is 558 g/mol. The van der Waals surface area contributed by atoms with Gasteiger partial charge < -0.3 is 14.8 Å². The number of hydrogen-bond donors (Lipinski definition) is 1. The van der Waals surface area contributed by atoms with Gasteiger partial charge in [0.25, 0.3) is 5.91 Å². The van der Waals surface area contributed by atoms with E-state index in [0.717, 1.165) is 12.3 Å². The number of hydrogen-bond acceptors (Lipinski definition) is 8. The van der Waals surface area contributed by atoms with E-state index in [2.05, 4.69) is 20.4 Å². The largest absolute Gasteiger partial charge is 0.465 e. The standard InChI is InChI=1S/C23H20ClF4N5O5/c1-4-37-21(35)17(22(36)38-5-2)19-29-10-16(18(24)31-19)30-20(34)12-8-11(15-6-7-33(3)32-15)13(9-14(12)25)23(26,27)28/h6-10,17H,4-5H2,1-3H3,(H,30,34). The Balaban J connectivity index is 1.96. The highest BCUT2D eigenvalue weighted by Gasteiger charge is 2.37. The van der Waals surface area contributed by atoms with Crippen LogP contribution in [0.1, 0.15) is 41.5 Å².